The Morgan fingerprint density at radius 2 is 2.19 bits per heavy atom. The Morgan fingerprint density at radius 3 is 2.81 bits per heavy atom. The molecule has 0 spiro atoms. The van der Waals surface area contributed by atoms with Crippen LogP contribution in [0.25, 0.3) is 0 Å². The predicted molar refractivity (Wildman–Crippen MR) is 67.0 cm³/mol. The number of nitrogens with two attached hydrogens (primary N) is 1. The van der Waals surface area contributed by atoms with Crippen LogP contribution in [0.1, 0.15) is 6.92 Å². The number of rotatable bonds is 5. The number of aromatic nitrogens is 2. The van der Waals surface area contributed by atoms with E-state index in [1.807, 2.05) is 0 Å². The minimum Gasteiger partial charge on any atom is -0.383 e. The summed E-state index contributed by atoms with van der Waals surface area (Å²) >= 11 is 3.22. The van der Waals surface area contributed by atoms with Crippen LogP contribution in [0.4, 0.5) is 11.6 Å². The van der Waals surface area contributed by atoms with Crippen molar-refractivity contribution in [3.05, 3.63) is 10.8 Å². The molecule has 8 heteroatoms. The molecule has 90 valence electrons. The summed E-state index contributed by atoms with van der Waals surface area (Å²) in [4.78, 5) is 7.71. The first-order chi connectivity index (χ1) is 7.46. The van der Waals surface area contributed by atoms with E-state index >= 15 is 0 Å². The zero-order valence-electron chi connectivity index (χ0n) is 8.77. The molecule has 0 aliphatic heterocycles. The van der Waals surface area contributed by atoms with Crippen LogP contribution < -0.4 is 11.1 Å². The first-order valence-corrected chi connectivity index (χ1v) is 7.28. The highest BCUT2D eigenvalue weighted by Gasteiger charge is 2.09. The van der Waals surface area contributed by atoms with Gasteiger partial charge in [-0.1, -0.05) is 6.92 Å². The zero-order chi connectivity index (χ0) is 12.2. The number of anilines is 2. The number of sulfone groups is 1. The van der Waals surface area contributed by atoms with Gasteiger partial charge in [0.15, 0.2) is 9.84 Å². The summed E-state index contributed by atoms with van der Waals surface area (Å²) in [5, 5.41) is 2.89. The normalized spacial score (nSPS) is 11.4. The van der Waals surface area contributed by atoms with Crippen molar-refractivity contribution in [2.45, 2.75) is 6.92 Å². The van der Waals surface area contributed by atoms with Gasteiger partial charge >= 0.3 is 0 Å². The van der Waals surface area contributed by atoms with Gasteiger partial charge in [0.25, 0.3) is 0 Å². The van der Waals surface area contributed by atoms with E-state index < -0.39 is 9.84 Å². The Bertz CT molecular complexity index is 463. The van der Waals surface area contributed by atoms with E-state index in [2.05, 4.69) is 31.2 Å². The summed E-state index contributed by atoms with van der Waals surface area (Å²) in [5.41, 5.74) is 5.55. The Labute approximate surface area is 103 Å². The molecule has 3 N–H and O–H groups in total. The van der Waals surface area contributed by atoms with E-state index in [1.165, 1.54) is 6.33 Å². The van der Waals surface area contributed by atoms with Crippen molar-refractivity contribution in [1.29, 1.82) is 0 Å². The highest BCUT2D eigenvalue weighted by molar-refractivity contribution is 9.10. The fourth-order valence-electron chi connectivity index (χ4n) is 0.976. The van der Waals surface area contributed by atoms with Crippen molar-refractivity contribution < 1.29 is 8.42 Å². The molecule has 0 bridgehead atoms. The van der Waals surface area contributed by atoms with Crippen LogP contribution in [0.2, 0.25) is 0 Å². The second-order valence-corrected chi connectivity index (χ2v) is 6.35. The van der Waals surface area contributed by atoms with Crippen molar-refractivity contribution in [2.75, 3.05) is 29.1 Å². The Morgan fingerprint density at radius 1 is 1.50 bits per heavy atom. The van der Waals surface area contributed by atoms with Crippen molar-refractivity contribution in [1.82, 2.24) is 9.97 Å². The van der Waals surface area contributed by atoms with Gasteiger partial charge in [0, 0.05) is 12.3 Å². The lowest BCUT2D eigenvalue weighted by atomic mass is 10.5. The lowest BCUT2D eigenvalue weighted by Crippen LogP contribution is -2.18. The van der Waals surface area contributed by atoms with E-state index in [0.29, 0.717) is 22.7 Å². The molecule has 1 aromatic rings. The first-order valence-electron chi connectivity index (χ1n) is 4.66. The summed E-state index contributed by atoms with van der Waals surface area (Å²) in [7, 11) is -2.97. The second kappa shape index (κ2) is 5.44. The van der Waals surface area contributed by atoms with Crippen molar-refractivity contribution in [3.8, 4) is 0 Å². The summed E-state index contributed by atoms with van der Waals surface area (Å²) in [6, 6.07) is 0. The van der Waals surface area contributed by atoms with Crippen molar-refractivity contribution in [3.63, 3.8) is 0 Å². The molecule has 6 nitrogen and oxygen atoms in total. The van der Waals surface area contributed by atoms with Gasteiger partial charge in [-0.2, -0.15) is 0 Å². The maximum absolute atomic E-state index is 11.2. The molecule has 0 fully saturated rings. The molecule has 1 heterocycles. The van der Waals surface area contributed by atoms with Gasteiger partial charge in [-0.15, -0.1) is 0 Å². The van der Waals surface area contributed by atoms with Gasteiger partial charge in [0.05, 0.1) is 5.75 Å². The summed E-state index contributed by atoms with van der Waals surface area (Å²) in [6.07, 6.45) is 1.32. The maximum atomic E-state index is 11.2. The lowest BCUT2D eigenvalue weighted by molar-refractivity contribution is 0.597. The van der Waals surface area contributed by atoms with Crippen LogP contribution in [0, 0.1) is 0 Å². The lowest BCUT2D eigenvalue weighted by Gasteiger charge is -2.07. The predicted octanol–water partition coefficient (Wildman–Crippen LogP) is 0.668. The third-order valence-electron chi connectivity index (χ3n) is 1.96. The number of nitrogen functional groups attached to an aromatic ring is 1. The molecule has 0 aliphatic rings. The molecule has 0 aromatic carbocycles. The molecule has 0 saturated heterocycles. The number of nitrogens with zero attached hydrogens (tertiary/aromatic N) is 2. The quantitative estimate of drug-likeness (QED) is 0.829. The van der Waals surface area contributed by atoms with Crippen LogP contribution in [0.15, 0.2) is 10.8 Å². The largest absolute Gasteiger partial charge is 0.383 e. The van der Waals surface area contributed by atoms with Gasteiger partial charge in [0.2, 0.25) is 0 Å². The highest BCUT2D eigenvalue weighted by Crippen LogP contribution is 2.23. The maximum Gasteiger partial charge on any atom is 0.151 e. The molecule has 0 unspecified atom stereocenters. The third-order valence-corrected chi connectivity index (χ3v) is 4.45. The molecule has 1 aromatic heterocycles. The van der Waals surface area contributed by atoms with E-state index in [4.69, 9.17) is 5.73 Å². The molecule has 0 atom stereocenters. The monoisotopic (exact) mass is 308 g/mol. The van der Waals surface area contributed by atoms with Crippen LogP contribution in [0.3, 0.4) is 0 Å². The highest BCUT2D eigenvalue weighted by atomic mass is 79.9. The van der Waals surface area contributed by atoms with Gasteiger partial charge in [-0.3, -0.25) is 0 Å². The minimum atomic E-state index is -2.97. The van der Waals surface area contributed by atoms with Gasteiger partial charge < -0.3 is 11.1 Å². The Balaban J connectivity index is 2.59. The molecule has 16 heavy (non-hydrogen) atoms. The minimum absolute atomic E-state index is 0.0693. The van der Waals surface area contributed by atoms with Crippen LogP contribution >= 0.6 is 15.9 Å². The van der Waals surface area contributed by atoms with Crippen molar-refractivity contribution in [2.24, 2.45) is 0 Å². The molecule has 0 saturated carbocycles. The van der Waals surface area contributed by atoms with Crippen LogP contribution in [-0.4, -0.2) is 36.4 Å². The van der Waals surface area contributed by atoms with Gasteiger partial charge in [0.1, 0.15) is 22.4 Å². The zero-order valence-corrected chi connectivity index (χ0v) is 11.2. The van der Waals surface area contributed by atoms with E-state index in [1.54, 1.807) is 6.92 Å². The molecule has 0 radical (unpaired) electrons. The SMILES string of the molecule is CCS(=O)(=O)CCNc1ncnc(N)c1Br. The van der Waals surface area contributed by atoms with E-state index in [-0.39, 0.29) is 11.5 Å². The topological polar surface area (TPSA) is 98.0 Å². The summed E-state index contributed by atoms with van der Waals surface area (Å²) in [6.45, 7) is 1.92. The van der Waals surface area contributed by atoms with Gasteiger partial charge in [-0.25, -0.2) is 18.4 Å². The fraction of sp³-hybridized carbons (Fsp3) is 0.500. The first kappa shape index (κ1) is 13.2. The van der Waals surface area contributed by atoms with Crippen LogP contribution in [0.5, 0.6) is 0 Å². The second-order valence-electron chi connectivity index (χ2n) is 3.08. The smallest absolute Gasteiger partial charge is 0.151 e. The molecule has 0 aliphatic carbocycles. The average molecular weight is 309 g/mol. The third kappa shape index (κ3) is 3.60. The number of hydrogen-bond acceptors (Lipinski definition) is 6. The molecule has 1 rings (SSSR count). The van der Waals surface area contributed by atoms with E-state index in [9.17, 15) is 8.42 Å². The van der Waals surface area contributed by atoms with Crippen LogP contribution in [-0.2, 0) is 9.84 Å². The fourth-order valence-corrected chi connectivity index (χ4v) is 2.02. The van der Waals surface area contributed by atoms with Crippen molar-refractivity contribution >= 4 is 37.4 Å². The van der Waals surface area contributed by atoms with E-state index in [0.717, 1.165) is 0 Å². The molecular weight excluding hydrogens is 296 g/mol. The summed E-state index contributed by atoms with van der Waals surface area (Å²) in [5.74, 6) is 1.02. The molecular formula is C8H13BrN4O2S. The number of nitrogens with one attached hydrogen (secondary N) is 1. The van der Waals surface area contributed by atoms with Gasteiger partial charge in [-0.05, 0) is 15.9 Å². The average Bonchev–Trinajstić information content (AvgIpc) is 2.24. The number of halogens is 1. The standard InChI is InChI=1S/C8H13BrN4O2S/c1-2-16(14,15)4-3-11-8-6(9)7(10)12-5-13-8/h5H,2-4H2,1H3,(H3,10,11,12,13). The summed E-state index contributed by atoms with van der Waals surface area (Å²) < 4.78 is 23.0. The molecule has 0 amide bonds. The number of hydrogen-bond donors (Lipinski definition) is 2. The Kier molecular flexibility index (Phi) is 4.48. The Hall–Kier alpha value is -0.890.